The third-order valence-corrected chi connectivity index (χ3v) is 6.17. The molecule has 0 atom stereocenters. The number of nitrogens with zero attached hydrogens (tertiary/aromatic N) is 4. The fourth-order valence-electron chi connectivity index (χ4n) is 3.88. The lowest BCUT2D eigenvalue weighted by molar-refractivity contribution is -0.133. The monoisotopic (exact) mass is 426 g/mol. The van der Waals surface area contributed by atoms with Crippen molar-refractivity contribution in [3.8, 4) is 0 Å². The van der Waals surface area contributed by atoms with Crippen LogP contribution in [0.2, 0.25) is 0 Å². The fourth-order valence-corrected chi connectivity index (χ4v) is 4.57. The molecule has 3 aromatic rings. The van der Waals surface area contributed by atoms with Crippen LogP contribution in [0, 0.1) is 0 Å². The van der Waals surface area contributed by atoms with Crippen molar-refractivity contribution in [3.63, 3.8) is 0 Å². The number of hydrogen-bond acceptors (Lipinski definition) is 5. The number of para-hydroxylation sites is 2. The van der Waals surface area contributed by atoms with Gasteiger partial charge in [0.15, 0.2) is 9.84 Å². The lowest BCUT2D eigenvalue weighted by Gasteiger charge is -2.35. The van der Waals surface area contributed by atoms with Gasteiger partial charge in [-0.05, 0) is 17.7 Å². The van der Waals surface area contributed by atoms with Crippen molar-refractivity contribution in [2.75, 3.05) is 32.4 Å². The Hall–Kier alpha value is -2.71. The number of imidazole rings is 1. The zero-order chi connectivity index (χ0) is 21.1. The van der Waals surface area contributed by atoms with E-state index in [1.165, 1.54) is 11.8 Å². The molecule has 0 aliphatic carbocycles. The van der Waals surface area contributed by atoms with Crippen LogP contribution in [0.4, 0.5) is 0 Å². The summed E-state index contributed by atoms with van der Waals surface area (Å²) in [6.45, 7) is 3.96. The summed E-state index contributed by atoms with van der Waals surface area (Å²) in [6, 6.07) is 17.8. The van der Waals surface area contributed by atoms with E-state index in [-0.39, 0.29) is 18.2 Å². The van der Waals surface area contributed by atoms with Crippen LogP contribution in [-0.2, 0) is 33.5 Å². The van der Waals surface area contributed by atoms with Crippen LogP contribution in [0.1, 0.15) is 11.4 Å². The third kappa shape index (κ3) is 4.88. The average molecular weight is 427 g/mol. The van der Waals surface area contributed by atoms with Crippen LogP contribution in [0.5, 0.6) is 0 Å². The van der Waals surface area contributed by atoms with Gasteiger partial charge in [-0.15, -0.1) is 0 Å². The first-order chi connectivity index (χ1) is 14.4. The molecule has 1 amide bonds. The summed E-state index contributed by atoms with van der Waals surface area (Å²) >= 11 is 0. The van der Waals surface area contributed by atoms with Gasteiger partial charge in [-0.25, -0.2) is 13.4 Å². The maximum Gasteiger partial charge on any atom is 0.242 e. The first-order valence-corrected chi connectivity index (χ1v) is 12.1. The normalized spacial score (nSPS) is 15.6. The van der Waals surface area contributed by atoms with Crippen molar-refractivity contribution in [2.45, 2.75) is 18.8 Å². The number of aromatic nitrogens is 2. The highest BCUT2D eigenvalue weighted by molar-refractivity contribution is 7.89. The fraction of sp³-hybridized carbons (Fsp3) is 0.364. The molecule has 1 aromatic heterocycles. The van der Waals surface area contributed by atoms with E-state index in [9.17, 15) is 13.2 Å². The topological polar surface area (TPSA) is 75.5 Å². The van der Waals surface area contributed by atoms with Gasteiger partial charge in [0.05, 0.1) is 11.0 Å². The molecule has 1 fully saturated rings. The molecule has 7 nitrogen and oxygen atoms in total. The zero-order valence-electron chi connectivity index (χ0n) is 17.1. The zero-order valence-corrected chi connectivity index (χ0v) is 17.9. The van der Waals surface area contributed by atoms with Crippen molar-refractivity contribution in [2.24, 2.45) is 0 Å². The quantitative estimate of drug-likeness (QED) is 0.602. The van der Waals surface area contributed by atoms with E-state index < -0.39 is 9.84 Å². The average Bonchev–Trinajstić information content (AvgIpc) is 3.04. The highest BCUT2D eigenvalue weighted by Crippen LogP contribution is 2.18. The minimum Gasteiger partial charge on any atom is -0.339 e. The molecular formula is C22H26N4O3S. The Bertz CT molecular complexity index is 1130. The molecule has 1 saturated heterocycles. The number of fused-ring (bicyclic) bond motifs is 1. The second kappa shape index (κ2) is 8.57. The molecular weight excluding hydrogens is 400 g/mol. The van der Waals surface area contributed by atoms with Crippen molar-refractivity contribution in [3.05, 3.63) is 66.0 Å². The van der Waals surface area contributed by atoms with Crippen molar-refractivity contribution in [1.82, 2.24) is 19.4 Å². The minimum atomic E-state index is -3.26. The highest BCUT2D eigenvalue weighted by Gasteiger charge is 2.23. The number of piperazine rings is 1. The van der Waals surface area contributed by atoms with E-state index in [1.54, 1.807) is 4.57 Å². The Morgan fingerprint density at radius 2 is 1.63 bits per heavy atom. The van der Waals surface area contributed by atoms with Gasteiger partial charge >= 0.3 is 0 Å². The van der Waals surface area contributed by atoms with Crippen LogP contribution in [0.15, 0.2) is 54.6 Å². The number of carbonyl (C=O) groups excluding carboxylic acids is 1. The third-order valence-electron chi connectivity index (χ3n) is 5.39. The lowest BCUT2D eigenvalue weighted by Crippen LogP contribution is -2.49. The molecule has 30 heavy (non-hydrogen) atoms. The first kappa shape index (κ1) is 20.6. The maximum absolute atomic E-state index is 13.0. The van der Waals surface area contributed by atoms with Gasteiger partial charge in [0, 0.05) is 39.0 Å². The van der Waals surface area contributed by atoms with Crippen molar-refractivity contribution in [1.29, 1.82) is 0 Å². The van der Waals surface area contributed by atoms with Gasteiger partial charge in [-0.2, -0.15) is 0 Å². The summed E-state index contributed by atoms with van der Waals surface area (Å²) in [5.74, 6) is 0.224. The molecule has 0 N–H and O–H groups in total. The molecule has 0 saturated carbocycles. The Kier molecular flexibility index (Phi) is 5.87. The molecule has 1 aliphatic heterocycles. The summed E-state index contributed by atoms with van der Waals surface area (Å²) < 4.78 is 25.4. The van der Waals surface area contributed by atoms with Crippen molar-refractivity contribution >= 4 is 26.8 Å². The molecule has 0 bridgehead atoms. The molecule has 158 valence electrons. The van der Waals surface area contributed by atoms with Crippen LogP contribution >= 0.6 is 0 Å². The minimum absolute atomic E-state index is 0.00716. The highest BCUT2D eigenvalue weighted by atomic mass is 32.2. The second-order valence-corrected chi connectivity index (χ2v) is 9.96. The van der Waals surface area contributed by atoms with E-state index in [0.717, 1.165) is 25.2 Å². The Balaban J connectivity index is 1.44. The Labute approximate surface area is 176 Å². The number of rotatable bonds is 6. The van der Waals surface area contributed by atoms with Gasteiger partial charge in [-0.1, -0.05) is 42.5 Å². The van der Waals surface area contributed by atoms with Crippen LogP contribution in [-0.4, -0.2) is 66.1 Å². The van der Waals surface area contributed by atoms with Crippen LogP contribution < -0.4 is 0 Å². The standard InChI is InChI=1S/C22H26N4O3S/c1-30(28,29)17-21-23-19-9-5-6-10-20(19)26(21)16-22(27)25-13-11-24(12-14-25)15-18-7-3-2-4-8-18/h2-10H,11-17H2,1H3. The molecule has 2 heterocycles. The molecule has 2 aromatic carbocycles. The molecule has 0 spiro atoms. The smallest absolute Gasteiger partial charge is 0.242 e. The number of sulfone groups is 1. The van der Waals surface area contributed by atoms with Gasteiger partial charge in [-0.3, -0.25) is 9.69 Å². The maximum atomic E-state index is 13.0. The molecule has 8 heteroatoms. The molecule has 0 unspecified atom stereocenters. The molecule has 0 radical (unpaired) electrons. The van der Waals surface area contributed by atoms with Gasteiger partial charge in [0.2, 0.25) is 5.91 Å². The number of hydrogen-bond donors (Lipinski definition) is 0. The predicted octanol–water partition coefficient (Wildman–Crippen LogP) is 1.93. The van der Waals surface area contributed by atoms with Crippen LogP contribution in [0.25, 0.3) is 11.0 Å². The van der Waals surface area contributed by atoms with Gasteiger partial charge in [0.25, 0.3) is 0 Å². The summed E-state index contributed by atoms with van der Waals surface area (Å²) in [7, 11) is -3.26. The van der Waals surface area contributed by atoms with Gasteiger partial charge in [0.1, 0.15) is 18.1 Å². The first-order valence-electron chi connectivity index (χ1n) is 10.0. The molecule has 1 aliphatic rings. The van der Waals surface area contributed by atoms with Crippen molar-refractivity contribution < 1.29 is 13.2 Å². The Morgan fingerprint density at radius 1 is 0.967 bits per heavy atom. The van der Waals surface area contributed by atoms with E-state index in [4.69, 9.17) is 0 Å². The van der Waals surface area contributed by atoms with Crippen LogP contribution in [0.3, 0.4) is 0 Å². The largest absolute Gasteiger partial charge is 0.339 e. The van der Waals surface area contributed by atoms with E-state index in [0.29, 0.717) is 24.4 Å². The van der Waals surface area contributed by atoms with E-state index >= 15 is 0 Å². The summed E-state index contributed by atoms with van der Waals surface area (Å²) in [5.41, 5.74) is 2.76. The number of benzene rings is 2. The number of carbonyl (C=O) groups is 1. The van der Waals surface area contributed by atoms with E-state index in [1.807, 2.05) is 47.4 Å². The summed E-state index contributed by atoms with van der Waals surface area (Å²) in [5, 5.41) is 0. The SMILES string of the molecule is CS(=O)(=O)Cc1nc2ccccc2n1CC(=O)N1CCN(Cc2ccccc2)CC1. The second-order valence-electron chi connectivity index (χ2n) is 7.82. The summed E-state index contributed by atoms with van der Waals surface area (Å²) in [6.07, 6.45) is 1.18. The lowest BCUT2D eigenvalue weighted by atomic mass is 10.2. The van der Waals surface area contributed by atoms with Gasteiger partial charge < -0.3 is 9.47 Å². The summed E-state index contributed by atoms with van der Waals surface area (Å²) in [4.78, 5) is 21.7. The number of amides is 1. The molecule has 4 rings (SSSR count). The Morgan fingerprint density at radius 3 is 2.33 bits per heavy atom. The predicted molar refractivity (Wildman–Crippen MR) is 117 cm³/mol. The van der Waals surface area contributed by atoms with E-state index in [2.05, 4.69) is 22.0 Å².